The number of nitrogens with one attached hydrogen (secondary N) is 3. The Kier molecular flexibility index (Phi) is 7.11. The molecule has 0 aliphatic heterocycles. The number of hydrogen-bond acceptors (Lipinski definition) is 5. The van der Waals surface area contributed by atoms with Gasteiger partial charge in [-0.05, 0) is 37.1 Å². The van der Waals surface area contributed by atoms with Gasteiger partial charge >= 0.3 is 0 Å². The Bertz CT molecular complexity index is 943. The lowest BCUT2D eigenvalue weighted by Crippen LogP contribution is -2.36. The number of aryl methyl sites for hydroxylation is 1. The molecular weight excluding hydrogens is 384 g/mol. The summed E-state index contributed by atoms with van der Waals surface area (Å²) in [5.74, 6) is -0.903. The van der Waals surface area contributed by atoms with E-state index in [1.807, 2.05) is 31.2 Å². The van der Waals surface area contributed by atoms with Crippen molar-refractivity contribution in [3.05, 3.63) is 80.5 Å². The normalized spacial score (nSPS) is 10.9. The molecule has 28 heavy (non-hydrogen) atoms. The van der Waals surface area contributed by atoms with Crippen LogP contribution in [0.15, 0.2) is 54.2 Å². The van der Waals surface area contributed by atoms with E-state index < -0.39 is 10.8 Å². The predicted molar refractivity (Wildman–Crippen MR) is 107 cm³/mol. The van der Waals surface area contributed by atoms with Crippen LogP contribution >= 0.6 is 11.6 Å². The Labute approximate surface area is 166 Å². The molecule has 0 saturated heterocycles. The summed E-state index contributed by atoms with van der Waals surface area (Å²) in [6.07, 6.45) is 2.08. The lowest BCUT2D eigenvalue weighted by molar-refractivity contribution is -0.384. The summed E-state index contributed by atoms with van der Waals surface area (Å²) in [7, 11) is 0. The molecule has 0 saturated carbocycles. The predicted octanol–water partition coefficient (Wildman–Crippen LogP) is 3.59. The molecule has 9 heteroatoms. The summed E-state index contributed by atoms with van der Waals surface area (Å²) in [4.78, 5) is 34.4. The second-order valence-corrected chi connectivity index (χ2v) is 6.24. The molecule has 0 aromatic heterocycles. The van der Waals surface area contributed by atoms with Crippen molar-refractivity contribution in [2.45, 2.75) is 20.3 Å². The van der Waals surface area contributed by atoms with E-state index in [-0.39, 0.29) is 22.2 Å². The number of hydrogen-bond donors (Lipinski definition) is 3. The maximum absolute atomic E-state index is 12.1. The molecule has 2 aromatic carbocycles. The number of benzene rings is 2. The van der Waals surface area contributed by atoms with Crippen LogP contribution in [-0.4, -0.2) is 16.7 Å². The number of nitro benzene ring substituents is 1. The van der Waals surface area contributed by atoms with Gasteiger partial charge in [0.2, 0.25) is 5.91 Å². The number of para-hydroxylation sites is 1. The lowest BCUT2D eigenvalue weighted by atomic mass is 10.1. The standard InChI is InChI=1S/C19H19ClN4O4/c1-3-13-6-4-5-7-16(13)21-18(25)10-12(2)22-23-19(26)14-8-9-17(24(27)28)15(20)11-14/h4-11,22H,3H2,1-2H3,(H,21,25)(H,23,26). The Morgan fingerprint density at radius 3 is 2.54 bits per heavy atom. The third kappa shape index (κ3) is 5.55. The summed E-state index contributed by atoms with van der Waals surface area (Å²) in [6.45, 7) is 3.60. The highest BCUT2D eigenvalue weighted by Crippen LogP contribution is 2.24. The molecule has 2 rings (SSSR count). The van der Waals surface area contributed by atoms with Gasteiger partial charge < -0.3 is 10.7 Å². The van der Waals surface area contributed by atoms with Gasteiger partial charge in [0.15, 0.2) is 0 Å². The number of hydrazine groups is 1. The van der Waals surface area contributed by atoms with Gasteiger partial charge in [-0.15, -0.1) is 0 Å². The summed E-state index contributed by atoms with van der Waals surface area (Å²) in [5, 5.41) is 13.4. The first-order valence-corrected chi connectivity index (χ1v) is 8.77. The zero-order valence-electron chi connectivity index (χ0n) is 15.3. The number of nitro groups is 1. The Balaban J connectivity index is 1.96. The van der Waals surface area contributed by atoms with Gasteiger partial charge in [0.1, 0.15) is 5.02 Å². The molecule has 0 unspecified atom stereocenters. The van der Waals surface area contributed by atoms with E-state index in [0.29, 0.717) is 5.70 Å². The smallest absolute Gasteiger partial charge is 0.287 e. The second kappa shape index (κ2) is 9.52. The summed E-state index contributed by atoms with van der Waals surface area (Å²) >= 11 is 5.80. The zero-order valence-corrected chi connectivity index (χ0v) is 16.0. The Morgan fingerprint density at radius 2 is 1.89 bits per heavy atom. The molecule has 0 fully saturated rings. The van der Waals surface area contributed by atoms with Crippen LogP contribution in [0.25, 0.3) is 0 Å². The second-order valence-electron chi connectivity index (χ2n) is 5.83. The highest BCUT2D eigenvalue weighted by Gasteiger charge is 2.15. The quantitative estimate of drug-likeness (QED) is 0.372. The first-order chi connectivity index (χ1) is 13.3. The van der Waals surface area contributed by atoms with Crippen molar-refractivity contribution < 1.29 is 14.5 Å². The molecule has 0 atom stereocenters. The van der Waals surface area contributed by atoms with Crippen molar-refractivity contribution in [1.29, 1.82) is 0 Å². The molecule has 0 aliphatic carbocycles. The number of nitrogens with zero attached hydrogens (tertiary/aromatic N) is 1. The molecule has 0 radical (unpaired) electrons. The minimum atomic E-state index is -0.634. The third-order valence-electron chi connectivity index (χ3n) is 3.78. The van der Waals surface area contributed by atoms with Crippen molar-refractivity contribution in [1.82, 2.24) is 10.9 Å². The zero-order chi connectivity index (χ0) is 20.7. The highest BCUT2D eigenvalue weighted by atomic mass is 35.5. The topological polar surface area (TPSA) is 113 Å². The summed E-state index contributed by atoms with van der Waals surface area (Å²) < 4.78 is 0. The van der Waals surface area contributed by atoms with Crippen LogP contribution in [0.5, 0.6) is 0 Å². The van der Waals surface area contributed by atoms with E-state index in [9.17, 15) is 19.7 Å². The largest absolute Gasteiger partial charge is 0.322 e. The number of allylic oxidation sites excluding steroid dienone is 1. The molecule has 0 heterocycles. The first-order valence-electron chi connectivity index (χ1n) is 8.39. The molecular formula is C19H19ClN4O4. The van der Waals surface area contributed by atoms with Gasteiger partial charge in [0, 0.05) is 29.1 Å². The van der Waals surface area contributed by atoms with Crippen LogP contribution in [-0.2, 0) is 11.2 Å². The van der Waals surface area contributed by atoms with Crippen LogP contribution in [0.3, 0.4) is 0 Å². The van der Waals surface area contributed by atoms with Crippen molar-refractivity contribution >= 4 is 34.8 Å². The number of carbonyl (C=O) groups is 2. The van der Waals surface area contributed by atoms with Gasteiger partial charge in [-0.25, -0.2) is 0 Å². The van der Waals surface area contributed by atoms with Crippen LogP contribution in [0.2, 0.25) is 5.02 Å². The van der Waals surface area contributed by atoms with Gasteiger partial charge in [0.25, 0.3) is 11.6 Å². The molecule has 0 spiro atoms. The molecule has 2 amide bonds. The van der Waals surface area contributed by atoms with Crippen molar-refractivity contribution in [2.75, 3.05) is 5.32 Å². The van der Waals surface area contributed by atoms with E-state index in [4.69, 9.17) is 11.6 Å². The van der Waals surface area contributed by atoms with Crippen LogP contribution in [0, 0.1) is 10.1 Å². The van der Waals surface area contributed by atoms with E-state index in [0.717, 1.165) is 23.7 Å². The third-order valence-corrected chi connectivity index (χ3v) is 4.09. The molecule has 8 nitrogen and oxygen atoms in total. The number of amides is 2. The van der Waals surface area contributed by atoms with Gasteiger partial charge in [-0.3, -0.25) is 25.1 Å². The SMILES string of the molecule is CCc1ccccc1NC(=O)C=C(C)NNC(=O)c1ccc([N+](=O)[O-])c(Cl)c1. The van der Waals surface area contributed by atoms with Crippen LogP contribution in [0.1, 0.15) is 29.8 Å². The average molecular weight is 403 g/mol. The van der Waals surface area contributed by atoms with Crippen LogP contribution in [0.4, 0.5) is 11.4 Å². The number of halogens is 1. The van der Waals surface area contributed by atoms with E-state index in [1.54, 1.807) is 6.92 Å². The van der Waals surface area contributed by atoms with E-state index >= 15 is 0 Å². The van der Waals surface area contributed by atoms with E-state index in [1.165, 1.54) is 18.2 Å². The van der Waals surface area contributed by atoms with Crippen molar-refractivity contribution in [3.63, 3.8) is 0 Å². The Morgan fingerprint density at radius 1 is 1.18 bits per heavy atom. The molecule has 0 bridgehead atoms. The van der Waals surface area contributed by atoms with E-state index in [2.05, 4.69) is 16.2 Å². The highest BCUT2D eigenvalue weighted by molar-refractivity contribution is 6.33. The van der Waals surface area contributed by atoms with Crippen molar-refractivity contribution in [2.24, 2.45) is 0 Å². The minimum absolute atomic E-state index is 0.136. The van der Waals surface area contributed by atoms with Gasteiger partial charge in [0.05, 0.1) is 4.92 Å². The van der Waals surface area contributed by atoms with Gasteiger partial charge in [-0.1, -0.05) is 36.7 Å². The number of anilines is 1. The van der Waals surface area contributed by atoms with Crippen LogP contribution < -0.4 is 16.2 Å². The number of rotatable bonds is 7. The minimum Gasteiger partial charge on any atom is -0.322 e. The molecule has 0 aliphatic rings. The van der Waals surface area contributed by atoms with Crippen molar-refractivity contribution in [3.8, 4) is 0 Å². The monoisotopic (exact) mass is 402 g/mol. The first kappa shape index (κ1) is 20.9. The maximum atomic E-state index is 12.1. The molecule has 146 valence electrons. The summed E-state index contributed by atoms with van der Waals surface area (Å²) in [6, 6.07) is 11.1. The Hall–Kier alpha value is -3.39. The summed E-state index contributed by atoms with van der Waals surface area (Å²) in [5.41, 5.74) is 6.99. The average Bonchev–Trinajstić information content (AvgIpc) is 2.66. The fourth-order valence-electron chi connectivity index (χ4n) is 2.38. The number of carbonyl (C=O) groups excluding carboxylic acids is 2. The maximum Gasteiger partial charge on any atom is 0.287 e. The van der Waals surface area contributed by atoms with Gasteiger partial charge in [-0.2, -0.15) is 0 Å². The lowest BCUT2D eigenvalue weighted by Gasteiger charge is -2.10. The molecule has 2 aromatic rings. The fourth-order valence-corrected chi connectivity index (χ4v) is 2.63. The fraction of sp³-hybridized carbons (Fsp3) is 0.158. The molecule has 3 N–H and O–H groups in total.